The molecule has 0 radical (unpaired) electrons. The van der Waals surface area contributed by atoms with Crippen LogP contribution in [0.3, 0.4) is 0 Å². The van der Waals surface area contributed by atoms with Gasteiger partial charge in [-0.3, -0.25) is 4.79 Å². The third-order valence-corrected chi connectivity index (χ3v) is 5.60. The molecule has 2 aliphatic rings. The first kappa shape index (κ1) is 19.2. The Labute approximate surface area is 160 Å². The maximum atomic E-state index is 13.0. The third kappa shape index (κ3) is 3.60. The van der Waals surface area contributed by atoms with Gasteiger partial charge in [0.2, 0.25) is 5.91 Å². The Hall–Kier alpha value is -2.13. The van der Waals surface area contributed by atoms with Gasteiger partial charge in [0.25, 0.3) is 0 Å². The summed E-state index contributed by atoms with van der Waals surface area (Å²) in [5, 5.41) is 3.74. The Balaban J connectivity index is 1.44. The number of carbonyl (C=O) groups is 1. The topological polar surface area (TPSA) is 59.4 Å². The van der Waals surface area contributed by atoms with Crippen molar-refractivity contribution in [3.63, 3.8) is 0 Å². The number of pyridine rings is 1. The Morgan fingerprint density at radius 2 is 2.18 bits per heavy atom. The van der Waals surface area contributed by atoms with Crippen molar-refractivity contribution in [2.75, 3.05) is 26.3 Å². The summed E-state index contributed by atoms with van der Waals surface area (Å²) in [5.41, 5.74) is 1.39. The van der Waals surface area contributed by atoms with Crippen LogP contribution in [0.1, 0.15) is 29.7 Å². The molecule has 1 N–H and O–H groups in total. The van der Waals surface area contributed by atoms with Gasteiger partial charge in [-0.2, -0.15) is 13.2 Å². The lowest BCUT2D eigenvalue weighted by molar-refractivity contribution is -0.137. The summed E-state index contributed by atoms with van der Waals surface area (Å²) in [4.78, 5) is 18.3. The van der Waals surface area contributed by atoms with Crippen molar-refractivity contribution >= 4 is 16.9 Å². The van der Waals surface area contributed by atoms with E-state index in [1.54, 1.807) is 11.8 Å². The number of ether oxygens (including phenoxy) is 1. The molecule has 28 heavy (non-hydrogen) atoms. The Morgan fingerprint density at radius 1 is 1.39 bits per heavy atom. The second-order valence-corrected chi connectivity index (χ2v) is 7.40. The highest BCUT2D eigenvalue weighted by molar-refractivity contribution is 5.83. The number of aryl methyl sites for hydroxylation is 1. The smallest absolute Gasteiger partial charge is 0.379 e. The second kappa shape index (κ2) is 7.36. The fourth-order valence-electron chi connectivity index (χ4n) is 3.76. The monoisotopic (exact) mass is 396 g/mol. The molecule has 2 aromatic heterocycles. The van der Waals surface area contributed by atoms with E-state index in [0.29, 0.717) is 56.3 Å². The van der Waals surface area contributed by atoms with Gasteiger partial charge >= 0.3 is 6.18 Å². The van der Waals surface area contributed by atoms with Crippen LogP contribution in [0.4, 0.5) is 13.2 Å². The molecular formula is C19H23F3N4O2. The molecule has 0 spiro atoms. The minimum atomic E-state index is -4.42. The van der Waals surface area contributed by atoms with Crippen LogP contribution >= 0.6 is 0 Å². The zero-order valence-corrected chi connectivity index (χ0v) is 15.7. The fraction of sp³-hybridized carbons (Fsp3) is 0.579. The van der Waals surface area contributed by atoms with Gasteiger partial charge in [0, 0.05) is 36.4 Å². The zero-order chi connectivity index (χ0) is 19.9. The molecule has 6 nitrogen and oxygen atoms in total. The molecule has 4 rings (SSSR count). The second-order valence-electron chi connectivity index (χ2n) is 7.40. The first-order valence-corrected chi connectivity index (χ1v) is 9.48. The lowest BCUT2D eigenvalue weighted by Crippen LogP contribution is -2.46. The van der Waals surface area contributed by atoms with Gasteiger partial charge in [0.05, 0.1) is 31.7 Å². The number of alkyl halides is 3. The molecule has 152 valence electrons. The van der Waals surface area contributed by atoms with E-state index < -0.39 is 11.7 Å². The molecule has 4 heterocycles. The summed E-state index contributed by atoms with van der Waals surface area (Å²) in [7, 11) is 0. The van der Waals surface area contributed by atoms with Gasteiger partial charge in [-0.15, -0.1) is 0 Å². The molecule has 0 aromatic carbocycles. The van der Waals surface area contributed by atoms with Gasteiger partial charge in [-0.1, -0.05) is 0 Å². The van der Waals surface area contributed by atoms with E-state index >= 15 is 0 Å². The maximum absolute atomic E-state index is 13.0. The number of halogens is 3. The number of amides is 1. The number of rotatable bonds is 5. The molecule has 9 heteroatoms. The third-order valence-electron chi connectivity index (χ3n) is 5.60. The fourth-order valence-corrected chi connectivity index (χ4v) is 3.76. The number of hydrogen-bond acceptors (Lipinski definition) is 4. The van der Waals surface area contributed by atoms with Crippen molar-refractivity contribution in [3.8, 4) is 0 Å². The molecule has 1 saturated heterocycles. The van der Waals surface area contributed by atoms with Crippen molar-refractivity contribution in [3.05, 3.63) is 29.1 Å². The molecular weight excluding hydrogens is 373 g/mol. The molecule has 2 aliphatic heterocycles. The first-order valence-electron chi connectivity index (χ1n) is 9.48. The van der Waals surface area contributed by atoms with E-state index in [-0.39, 0.29) is 5.91 Å². The molecule has 2 aromatic rings. The predicted octanol–water partition coefficient (Wildman–Crippen LogP) is 2.47. The van der Waals surface area contributed by atoms with E-state index in [9.17, 15) is 18.0 Å². The lowest BCUT2D eigenvalue weighted by atomic mass is 10.1. The minimum absolute atomic E-state index is 0.00131. The zero-order valence-electron chi connectivity index (χ0n) is 15.7. The Bertz CT molecular complexity index is 889. The van der Waals surface area contributed by atoms with Crippen LogP contribution in [0.5, 0.6) is 0 Å². The van der Waals surface area contributed by atoms with Crippen LogP contribution in [0, 0.1) is 6.92 Å². The molecule has 1 fully saturated rings. The number of aromatic nitrogens is 2. The van der Waals surface area contributed by atoms with E-state index in [2.05, 4.69) is 10.3 Å². The SMILES string of the molecule is Cc1c2n(c3ncc(C(F)(F)F)cc13)CCN(C(=O)CCOCC1CCN1)C2. The van der Waals surface area contributed by atoms with E-state index in [1.807, 2.05) is 4.57 Å². The highest BCUT2D eigenvalue weighted by Gasteiger charge is 2.33. The van der Waals surface area contributed by atoms with Crippen LogP contribution in [0.15, 0.2) is 12.3 Å². The highest BCUT2D eigenvalue weighted by atomic mass is 19.4. The maximum Gasteiger partial charge on any atom is 0.417 e. The average Bonchev–Trinajstić information content (AvgIpc) is 2.91. The number of nitrogens with zero attached hydrogens (tertiary/aromatic N) is 3. The molecule has 1 amide bonds. The van der Waals surface area contributed by atoms with E-state index in [1.165, 1.54) is 0 Å². The van der Waals surface area contributed by atoms with Crippen LogP contribution in [0.2, 0.25) is 0 Å². The normalized spacial score (nSPS) is 19.6. The predicted molar refractivity (Wildman–Crippen MR) is 96.7 cm³/mol. The Morgan fingerprint density at radius 3 is 2.86 bits per heavy atom. The van der Waals surface area contributed by atoms with Crippen molar-refractivity contribution in [1.82, 2.24) is 19.8 Å². The van der Waals surface area contributed by atoms with Crippen LogP contribution in [-0.4, -0.2) is 52.7 Å². The Kier molecular flexibility index (Phi) is 5.05. The van der Waals surface area contributed by atoms with Gasteiger partial charge in [0.15, 0.2) is 0 Å². The van der Waals surface area contributed by atoms with Crippen molar-refractivity contribution in [2.24, 2.45) is 0 Å². The van der Waals surface area contributed by atoms with E-state index in [0.717, 1.165) is 36.5 Å². The number of carbonyl (C=O) groups excluding carboxylic acids is 1. The summed E-state index contributed by atoms with van der Waals surface area (Å²) in [6.07, 6.45) is -2.13. The number of hydrogen-bond donors (Lipinski definition) is 1. The van der Waals surface area contributed by atoms with Gasteiger partial charge in [-0.25, -0.2) is 4.98 Å². The molecule has 0 aliphatic carbocycles. The van der Waals surface area contributed by atoms with Crippen molar-refractivity contribution < 1.29 is 22.7 Å². The minimum Gasteiger partial charge on any atom is -0.379 e. The largest absolute Gasteiger partial charge is 0.417 e. The summed E-state index contributed by atoms with van der Waals surface area (Å²) in [6.45, 7) is 5.23. The lowest BCUT2D eigenvalue weighted by Gasteiger charge is -2.30. The van der Waals surface area contributed by atoms with Crippen molar-refractivity contribution in [2.45, 2.75) is 45.1 Å². The summed E-state index contributed by atoms with van der Waals surface area (Å²) in [5.74, 6) is 0.00131. The van der Waals surface area contributed by atoms with E-state index in [4.69, 9.17) is 4.74 Å². The number of fused-ring (bicyclic) bond motifs is 3. The molecule has 1 atom stereocenters. The summed E-state index contributed by atoms with van der Waals surface area (Å²) in [6, 6.07) is 1.55. The summed E-state index contributed by atoms with van der Waals surface area (Å²) < 4.78 is 46.5. The van der Waals surface area contributed by atoms with Crippen LogP contribution in [-0.2, 0) is 28.8 Å². The first-order chi connectivity index (χ1) is 13.3. The quantitative estimate of drug-likeness (QED) is 0.789. The summed E-state index contributed by atoms with van der Waals surface area (Å²) >= 11 is 0. The van der Waals surface area contributed by atoms with Gasteiger partial charge < -0.3 is 19.5 Å². The van der Waals surface area contributed by atoms with Crippen molar-refractivity contribution in [1.29, 1.82) is 0 Å². The average molecular weight is 396 g/mol. The molecule has 1 unspecified atom stereocenters. The van der Waals surface area contributed by atoms with Gasteiger partial charge in [-0.05, 0) is 31.5 Å². The standard InChI is InChI=1S/C19H23F3N4O2/c1-12-15-8-13(19(20,21)22)9-24-18(15)26-6-5-25(10-16(12)26)17(27)3-7-28-11-14-2-4-23-14/h8-9,14,23H,2-7,10-11H2,1H3. The van der Waals surface area contributed by atoms with Gasteiger partial charge in [0.1, 0.15) is 5.65 Å². The molecule has 0 bridgehead atoms. The molecule has 0 saturated carbocycles. The highest BCUT2D eigenvalue weighted by Crippen LogP contribution is 2.34. The number of nitrogens with one attached hydrogen (secondary N) is 1. The van der Waals surface area contributed by atoms with Crippen LogP contribution in [0.25, 0.3) is 11.0 Å². The van der Waals surface area contributed by atoms with Crippen LogP contribution < -0.4 is 5.32 Å².